The molecule has 1 aromatic rings. The van der Waals surface area contributed by atoms with Gasteiger partial charge in [0.05, 0.1) is 7.11 Å². The minimum Gasteiger partial charge on any atom is -0.504 e. The third kappa shape index (κ3) is 3.99. The first kappa shape index (κ1) is 16.5. The summed E-state index contributed by atoms with van der Waals surface area (Å²) in [7, 11) is 1.52. The van der Waals surface area contributed by atoms with Crippen LogP contribution in [0.25, 0.3) is 0 Å². The number of aromatic hydroxyl groups is 1. The smallest absolute Gasteiger partial charge is 0.160 e. The standard InChI is InChI=1S/C17H26O3/c1-12(2)7-6-8-17(3,4)14-10-16(20-5)15(19)9-13(14)11-18/h9-12,19H,6-8H2,1-5H3. The Labute approximate surface area is 122 Å². The van der Waals surface area contributed by atoms with Gasteiger partial charge in [-0.25, -0.2) is 0 Å². The molecule has 20 heavy (non-hydrogen) atoms. The molecule has 0 saturated carbocycles. The number of hydrogen-bond acceptors (Lipinski definition) is 3. The molecule has 112 valence electrons. The third-order valence-electron chi connectivity index (χ3n) is 3.79. The SMILES string of the molecule is COc1cc(C(C)(C)CCCC(C)C)c(C=O)cc1O. The number of carbonyl (C=O) groups is 1. The van der Waals surface area contributed by atoms with Gasteiger partial charge in [0, 0.05) is 5.56 Å². The fraction of sp³-hybridized carbons (Fsp3) is 0.588. The van der Waals surface area contributed by atoms with Gasteiger partial charge in [-0.2, -0.15) is 0 Å². The molecule has 0 aromatic heterocycles. The first-order valence-electron chi connectivity index (χ1n) is 7.18. The maximum Gasteiger partial charge on any atom is 0.160 e. The molecule has 0 spiro atoms. The van der Waals surface area contributed by atoms with Crippen molar-refractivity contribution < 1.29 is 14.6 Å². The lowest BCUT2D eigenvalue weighted by Crippen LogP contribution is -2.19. The number of hydrogen-bond donors (Lipinski definition) is 1. The summed E-state index contributed by atoms with van der Waals surface area (Å²) in [6.07, 6.45) is 4.10. The van der Waals surface area contributed by atoms with Crippen molar-refractivity contribution in [2.24, 2.45) is 5.92 Å². The summed E-state index contributed by atoms with van der Waals surface area (Å²) in [4.78, 5) is 11.3. The Bertz CT molecular complexity index is 462. The van der Waals surface area contributed by atoms with Crippen LogP contribution in [0.1, 0.15) is 62.9 Å². The molecule has 0 amide bonds. The van der Waals surface area contributed by atoms with Crippen molar-refractivity contribution >= 4 is 6.29 Å². The maximum atomic E-state index is 11.3. The van der Waals surface area contributed by atoms with Crippen molar-refractivity contribution in [2.45, 2.75) is 52.4 Å². The Morgan fingerprint density at radius 2 is 2.00 bits per heavy atom. The molecule has 1 rings (SSSR count). The first-order chi connectivity index (χ1) is 9.31. The normalized spacial score (nSPS) is 11.7. The van der Waals surface area contributed by atoms with Crippen LogP contribution in [0.15, 0.2) is 12.1 Å². The van der Waals surface area contributed by atoms with Gasteiger partial charge in [-0.05, 0) is 35.4 Å². The quantitative estimate of drug-likeness (QED) is 0.756. The van der Waals surface area contributed by atoms with Gasteiger partial charge in [0.25, 0.3) is 0 Å². The number of methoxy groups -OCH3 is 1. The fourth-order valence-corrected chi connectivity index (χ4v) is 2.52. The van der Waals surface area contributed by atoms with Gasteiger partial charge in [0.1, 0.15) is 6.29 Å². The molecule has 0 aliphatic carbocycles. The molecular formula is C17H26O3. The molecule has 0 radical (unpaired) electrons. The Kier molecular flexibility index (Phi) is 5.61. The molecule has 0 aliphatic rings. The third-order valence-corrected chi connectivity index (χ3v) is 3.79. The van der Waals surface area contributed by atoms with E-state index in [1.807, 2.05) is 0 Å². The van der Waals surface area contributed by atoms with Crippen LogP contribution in [0.5, 0.6) is 11.5 Å². The zero-order valence-corrected chi connectivity index (χ0v) is 13.2. The van der Waals surface area contributed by atoms with Crippen LogP contribution >= 0.6 is 0 Å². The van der Waals surface area contributed by atoms with Crippen LogP contribution in [0.2, 0.25) is 0 Å². The van der Waals surface area contributed by atoms with Gasteiger partial charge in [-0.15, -0.1) is 0 Å². The van der Waals surface area contributed by atoms with E-state index in [0.29, 0.717) is 17.2 Å². The van der Waals surface area contributed by atoms with Gasteiger partial charge in [0.15, 0.2) is 11.5 Å². The number of aldehydes is 1. The van der Waals surface area contributed by atoms with E-state index in [4.69, 9.17) is 4.74 Å². The van der Waals surface area contributed by atoms with Crippen LogP contribution in [0.3, 0.4) is 0 Å². The topological polar surface area (TPSA) is 46.5 Å². The summed E-state index contributed by atoms with van der Waals surface area (Å²) < 4.78 is 5.16. The lowest BCUT2D eigenvalue weighted by molar-refractivity contribution is 0.112. The van der Waals surface area contributed by atoms with Crippen LogP contribution in [0, 0.1) is 5.92 Å². The van der Waals surface area contributed by atoms with E-state index >= 15 is 0 Å². The highest BCUT2D eigenvalue weighted by Gasteiger charge is 2.25. The maximum absolute atomic E-state index is 11.3. The molecule has 0 aliphatic heterocycles. The Hall–Kier alpha value is -1.51. The van der Waals surface area contributed by atoms with Crippen LogP contribution in [-0.2, 0) is 5.41 Å². The number of ether oxygens (including phenoxy) is 1. The summed E-state index contributed by atoms with van der Waals surface area (Å²) in [5, 5.41) is 9.78. The average Bonchev–Trinajstić information content (AvgIpc) is 2.37. The molecule has 0 heterocycles. The lowest BCUT2D eigenvalue weighted by Gasteiger charge is -2.27. The van der Waals surface area contributed by atoms with E-state index < -0.39 is 0 Å². The predicted octanol–water partition coefficient (Wildman–Crippen LogP) is 4.32. The lowest BCUT2D eigenvalue weighted by atomic mass is 9.77. The van der Waals surface area contributed by atoms with Gasteiger partial charge in [0.2, 0.25) is 0 Å². The molecule has 3 nitrogen and oxygen atoms in total. The zero-order chi connectivity index (χ0) is 15.3. The number of phenols is 1. The molecule has 0 atom stereocenters. The number of phenolic OH excluding ortho intramolecular Hbond substituents is 1. The Morgan fingerprint density at radius 1 is 1.35 bits per heavy atom. The second kappa shape index (κ2) is 6.78. The Balaban J connectivity index is 3.05. The molecule has 3 heteroatoms. The highest BCUT2D eigenvalue weighted by molar-refractivity contribution is 5.80. The number of carbonyl (C=O) groups excluding carboxylic acids is 1. The minimum atomic E-state index is -0.119. The summed E-state index contributed by atoms with van der Waals surface area (Å²) >= 11 is 0. The first-order valence-corrected chi connectivity index (χ1v) is 7.18. The summed E-state index contributed by atoms with van der Waals surface area (Å²) in [6.45, 7) is 8.69. The summed E-state index contributed by atoms with van der Waals surface area (Å²) in [5.41, 5.74) is 1.36. The van der Waals surface area contributed by atoms with Crippen molar-refractivity contribution in [3.8, 4) is 11.5 Å². The van der Waals surface area contributed by atoms with Crippen molar-refractivity contribution in [2.75, 3.05) is 7.11 Å². The van der Waals surface area contributed by atoms with Gasteiger partial charge in [-0.1, -0.05) is 40.5 Å². The highest BCUT2D eigenvalue weighted by Crippen LogP contribution is 2.37. The second-order valence-electron chi connectivity index (χ2n) is 6.40. The summed E-state index contributed by atoms with van der Waals surface area (Å²) in [5.74, 6) is 1.12. The molecule has 1 N–H and O–H groups in total. The Morgan fingerprint density at radius 3 is 2.50 bits per heavy atom. The zero-order valence-electron chi connectivity index (χ0n) is 13.2. The van der Waals surface area contributed by atoms with Crippen LogP contribution in [0.4, 0.5) is 0 Å². The highest BCUT2D eigenvalue weighted by atomic mass is 16.5. The number of rotatable bonds is 7. The van der Waals surface area contributed by atoms with Crippen molar-refractivity contribution in [3.05, 3.63) is 23.3 Å². The van der Waals surface area contributed by atoms with E-state index in [1.54, 1.807) is 6.07 Å². The van der Waals surface area contributed by atoms with Crippen molar-refractivity contribution in [1.29, 1.82) is 0 Å². The number of benzene rings is 1. The van der Waals surface area contributed by atoms with E-state index in [1.165, 1.54) is 19.6 Å². The van der Waals surface area contributed by atoms with E-state index in [9.17, 15) is 9.90 Å². The van der Waals surface area contributed by atoms with Crippen molar-refractivity contribution in [3.63, 3.8) is 0 Å². The monoisotopic (exact) mass is 278 g/mol. The van der Waals surface area contributed by atoms with Crippen molar-refractivity contribution in [1.82, 2.24) is 0 Å². The summed E-state index contributed by atoms with van der Waals surface area (Å²) in [6, 6.07) is 3.28. The van der Waals surface area contributed by atoms with Gasteiger partial charge >= 0.3 is 0 Å². The molecule has 1 aromatic carbocycles. The molecular weight excluding hydrogens is 252 g/mol. The molecule has 0 bridgehead atoms. The second-order valence-corrected chi connectivity index (χ2v) is 6.40. The van der Waals surface area contributed by atoms with Crippen LogP contribution < -0.4 is 4.74 Å². The largest absolute Gasteiger partial charge is 0.504 e. The van der Waals surface area contributed by atoms with Gasteiger partial charge < -0.3 is 9.84 Å². The fourth-order valence-electron chi connectivity index (χ4n) is 2.52. The minimum absolute atomic E-state index is 0.0105. The predicted molar refractivity (Wildman–Crippen MR) is 81.8 cm³/mol. The molecule has 0 saturated heterocycles. The molecule has 0 unspecified atom stereocenters. The van der Waals surface area contributed by atoms with Gasteiger partial charge in [-0.3, -0.25) is 4.79 Å². The van der Waals surface area contributed by atoms with Crippen LogP contribution in [-0.4, -0.2) is 18.5 Å². The van der Waals surface area contributed by atoms with E-state index in [-0.39, 0.29) is 11.2 Å². The average molecular weight is 278 g/mol. The van der Waals surface area contributed by atoms with E-state index in [0.717, 1.165) is 24.7 Å². The molecule has 0 fully saturated rings. The van der Waals surface area contributed by atoms with E-state index in [2.05, 4.69) is 27.7 Å².